The molecule has 4 N–H and O–H groups in total. The molecule has 162 valence electrons. The average molecular weight is 447 g/mol. The molecule has 0 fully saturated rings. The largest absolute Gasteiger partial charge is 0.416 e. The van der Waals surface area contributed by atoms with Gasteiger partial charge in [0.05, 0.1) is 21.5 Å². The van der Waals surface area contributed by atoms with E-state index in [4.69, 9.17) is 5.73 Å². The summed E-state index contributed by atoms with van der Waals surface area (Å²) in [4.78, 5) is 19.9. The van der Waals surface area contributed by atoms with Crippen molar-refractivity contribution in [3.05, 3.63) is 70.3 Å². The van der Waals surface area contributed by atoms with Crippen molar-refractivity contribution in [1.82, 2.24) is 14.5 Å². The molecule has 4 rings (SSSR count). The lowest BCUT2D eigenvalue weighted by atomic mass is 10.0. The van der Waals surface area contributed by atoms with Gasteiger partial charge in [-0.1, -0.05) is 29.5 Å². The molecule has 2 heterocycles. The lowest BCUT2D eigenvalue weighted by Crippen LogP contribution is -2.31. The molecule has 0 bridgehead atoms. The number of aromatic nitrogens is 3. The molecule has 0 spiro atoms. The van der Waals surface area contributed by atoms with Crippen LogP contribution in [-0.2, 0) is 19.6 Å². The number of hydrogen-bond acceptors (Lipinski definition) is 5. The number of benzene rings is 2. The smallest absolute Gasteiger partial charge is 0.360 e. The van der Waals surface area contributed by atoms with Crippen molar-refractivity contribution in [2.75, 3.05) is 11.9 Å². The van der Waals surface area contributed by atoms with Crippen LogP contribution in [0.15, 0.2) is 53.5 Å². The van der Waals surface area contributed by atoms with Crippen LogP contribution in [0.4, 0.5) is 18.3 Å². The summed E-state index contributed by atoms with van der Waals surface area (Å²) in [5, 5.41) is 3.88. The van der Waals surface area contributed by atoms with Gasteiger partial charge in [-0.15, -0.1) is 0 Å². The second-order valence-corrected chi connectivity index (χ2v) is 8.32. The fourth-order valence-corrected chi connectivity index (χ4v) is 4.11. The topological polar surface area (TPSA) is 88.7 Å². The van der Waals surface area contributed by atoms with Gasteiger partial charge in [0.2, 0.25) is 0 Å². The van der Waals surface area contributed by atoms with Gasteiger partial charge in [0.1, 0.15) is 0 Å². The molecular formula is C21H20F3N5OS. The van der Waals surface area contributed by atoms with E-state index in [0.29, 0.717) is 18.1 Å². The summed E-state index contributed by atoms with van der Waals surface area (Å²) in [5.74, 6) is 0. The maximum absolute atomic E-state index is 12.7. The number of nitrogens with two attached hydrogens (primary N) is 1. The van der Waals surface area contributed by atoms with Crippen molar-refractivity contribution >= 4 is 27.5 Å². The van der Waals surface area contributed by atoms with E-state index in [1.165, 1.54) is 23.5 Å². The third-order valence-electron chi connectivity index (χ3n) is 4.99. The highest BCUT2D eigenvalue weighted by atomic mass is 32.1. The molecule has 0 aliphatic carbocycles. The summed E-state index contributed by atoms with van der Waals surface area (Å²) in [6, 6.07) is 10.5. The van der Waals surface area contributed by atoms with Gasteiger partial charge in [-0.05, 0) is 41.8 Å². The Morgan fingerprint density at radius 1 is 1.23 bits per heavy atom. The van der Waals surface area contributed by atoms with Gasteiger partial charge in [0.25, 0.3) is 0 Å². The number of aryl methyl sites for hydroxylation is 1. The van der Waals surface area contributed by atoms with E-state index in [9.17, 15) is 18.0 Å². The van der Waals surface area contributed by atoms with Gasteiger partial charge in [-0.3, -0.25) is 4.57 Å². The molecule has 0 saturated heterocycles. The quantitative estimate of drug-likeness (QED) is 0.417. The second-order valence-electron chi connectivity index (χ2n) is 7.29. The van der Waals surface area contributed by atoms with Crippen LogP contribution >= 0.6 is 11.3 Å². The molecule has 10 heteroatoms. The van der Waals surface area contributed by atoms with Crippen molar-refractivity contribution in [2.45, 2.75) is 18.6 Å². The van der Waals surface area contributed by atoms with Gasteiger partial charge in [-0.2, -0.15) is 13.2 Å². The Bertz CT molecular complexity index is 1260. The van der Waals surface area contributed by atoms with Crippen LogP contribution in [0, 0.1) is 0 Å². The molecule has 1 atom stereocenters. The molecule has 4 aromatic rings. The average Bonchev–Trinajstić information content (AvgIpc) is 3.31. The number of fused-ring (bicyclic) bond motifs is 1. The van der Waals surface area contributed by atoms with Crippen LogP contribution in [0.3, 0.4) is 0 Å². The van der Waals surface area contributed by atoms with Gasteiger partial charge >= 0.3 is 11.9 Å². The number of alkyl halides is 3. The first-order valence-electron chi connectivity index (χ1n) is 9.51. The van der Waals surface area contributed by atoms with Gasteiger partial charge in [0.15, 0.2) is 5.13 Å². The highest BCUT2D eigenvalue weighted by Gasteiger charge is 2.29. The SMILES string of the molecule is Cn1c(=O)[nH]c2ccc(-c3cnc(NC[C@@H](N)Cc4ccc(C(F)(F)F)cc4)s3)cc21. The van der Waals surface area contributed by atoms with Gasteiger partial charge in [0, 0.05) is 25.8 Å². The fraction of sp³-hybridized carbons (Fsp3) is 0.238. The molecule has 2 aromatic carbocycles. The predicted molar refractivity (Wildman–Crippen MR) is 116 cm³/mol. The van der Waals surface area contributed by atoms with E-state index in [2.05, 4.69) is 15.3 Å². The van der Waals surface area contributed by atoms with Crippen LogP contribution in [0.25, 0.3) is 21.5 Å². The number of aromatic amines is 1. The third kappa shape index (κ3) is 4.64. The fourth-order valence-electron chi connectivity index (χ4n) is 3.29. The van der Waals surface area contributed by atoms with Crippen molar-refractivity contribution in [3.8, 4) is 10.4 Å². The monoisotopic (exact) mass is 447 g/mol. The van der Waals surface area contributed by atoms with Crippen molar-refractivity contribution in [1.29, 1.82) is 0 Å². The van der Waals surface area contributed by atoms with E-state index in [1.807, 2.05) is 18.2 Å². The lowest BCUT2D eigenvalue weighted by molar-refractivity contribution is -0.137. The summed E-state index contributed by atoms with van der Waals surface area (Å²) in [7, 11) is 1.71. The maximum atomic E-state index is 12.7. The number of nitrogens with zero attached hydrogens (tertiary/aromatic N) is 2. The zero-order valence-electron chi connectivity index (χ0n) is 16.5. The van der Waals surface area contributed by atoms with E-state index < -0.39 is 11.7 Å². The number of rotatable bonds is 6. The highest BCUT2D eigenvalue weighted by Crippen LogP contribution is 2.31. The van der Waals surface area contributed by atoms with Crippen LogP contribution in [0.5, 0.6) is 0 Å². The molecule has 2 aromatic heterocycles. The van der Waals surface area contributed by atoms with E-state index in [-0.39, 0.29) is 11.7 Å². The molecule has 0 aliphatic rings. The summed E-state index contributed by atoms with van der Waals surface area (Å²) < 4.78 is 39.5. The number of imidazole rings is 1. The van der Waals surface area contributed by atoms with Crippen molar-refractivity contribution < 1.29 is 13.2 Å². The molecule has 0 saturated carbocycles. The van der Waals surface area contributed by atoms with Gasteiger partial charge in [-0.25, -0.2) is 9.78 Å². The molecule has 0 unspecified atom stereocenters. The normalized spacial score (nSPS) is 12.9. The molecule has 31 heavy (non-hydrogen) atoms. The van der Waals surface area contributed by atoms with Crippen LogP contribution in [0.1, 0.15) is 11.1 Å². The third-order valence-corrected chi connectivity index (χ3v) is 5.99. The molecule has 0 radical (unpaired) electrons. The lowest BCUT2D eigenvalue weighted by Gasteiger charge is -2.13. The number of nitrogens with one attached hydrogen (secondary N) is 2. The number of anilines is 1. The Morgan fingerprint density at radius 2 is 1.97 bits per heavy atom. The van der Waals surface area contributed by atoms with E-state index in [0.717, 1.165) is 39.2 Å². The highest BCUT2D eigenvalue weighted by molar-refractivity contribution is 7.18. The number of hydrogen-bond donors (Lipinski definition) is 3. The first-order valence-corrected chi connectivity index (χ1v) is 10.3. The molecule has 0 aliphatic heterocycles. The first kappa shape index (κ1) is 21.1. The summed E-state index contributed by atoms with van der Waals surface area (Å²) in [6.07, 6.45) is -2.15. The van der Waals surface area contributed by atoms with Crippen LogP contribution in [-0.4, -0.2) is 27.1 Å². The standard InChI is InChI=1S/C21H20F3N5OS/c1-29-17-9-13(4-7-16(17)28-20(29)30)18-11-27-19(31-18)26-10-15(25)8-12-2-5-14(6-3-12)21(22,23)24/h2-7,9,11,15H,8,10,25H2,1H3,(H,26,27)(H,28,30)/t15-/m0/s1. The van der Waals surface area contributed by atoms with Crippen LogP contribution in [0.2, 0.25) is 0 Å². The minimum absolute atomic E-state index is 0.166. The van der Waals surface area contributed by atoms with Crippen molar-refractivity contribution in [2.24, 2.45) is 12.8 Å². The predicted octanol–water partition coefficient (Wildman–Crippen LogP) is 3.99. The van der Waals surface area contributed by atoms with Crippen molar-refractivity contribution in [3.63, 3.8) is 0 Å². The number of H-pyrrole nitrogens is 1. The summed E-state index contributed by atoms with van der Waals surface area (Å²) in [6.45, 7) is 0.430. The zero-order chi connectivity index (χ0) is 22.2. The van der Waals surface area contributed by atoms with E-state index >= 15 is 0 Å². The van der Waals surface area contributed by atoms with Crippen LogP contribution < -0.4 is 16.7 Å². The summed E-state index contributed by atoms with van der Waals surface area (Å²) in [5.41, 5.74) is 8.57. The first-order chi connectivity index (χ1) is 14.7. The number of halogens is 3. The molecular weight excluding hydrogens is 427 g/mol. The minimum Gasteiger partial charge on any atom is -0.360 e. The maximum Gasteiger partial charge on any atom is 0.416 e. The Kier molecular flexibility index (Phi) is 5.59. The Balaban J connectivity index is 1.38. The summed E-state index contributed by atoms with van der Waals surface area (Å²) >= 11 is 1.46. The number of thiazole rings is 1. The Hall–Kier alpha value is -3.11. The Morgan fingerprint density at radius 3 is 2.68 bits per heavy atom. The minimum atomic E-state index is -4.34. The Labute approximate surface area is 179 Å². The molecule has 0 amide bonds. The molecule has 6 nitrogen and oxygen atoms in total. The second kappa shape index (κ2) is 8.20. The van der Waals surface area contributed by atoms with Gasteiger partial charge < -0.3 is 16.0 Å². The zero-order valence-corrected chi connectivity index (χ0v) is 17.3. The van der Waals surface area contributed by atoms with E-state index in [1.54, 1.807) is 17.8 Å².